The molecular formula is C35H37ClFN3O5S. The summed E-state index contributed by atoms with van der Waals surface area (Å²) in [7, 11) is -2.82. The van der Waals surface area contributed by atoms with Crippen LogP contribution in [0.2, 0.25) is 5.02 Å². The maximum absolute atomic E-state index is 14.5. The lowest BCUT2D eigenvalue weighted by molar-refractivity contribution is -0.140. The number of ether oxygens (including phenoxy) is 1. The van der Waals surface area contributed by atoms with E-state index in [-0.39, 0.29) is 35.5 Å². The zero-order valence-corrected chi connectivity index (χ0v) is 27.5. The van der Waals surface area contributed by atoms with Gasteiger partial charge in [-0.3, -0.25) is 13.9 Å². The van der Waals surface area contributed by atoms with E-state index in [1.165, 1.54) is 84.8 Å². The van der Waals surface area contributed by atoms with Gasteiger partial charge in [0.2, 0.25) is 11.8 Å². The van der Waals surface area contributed by atoms with E-state index in [0.717, 1.165) is 9.87 Å². The quantitative estimate of drug-likeness (QED) is 0.172. The fourth-order valence-electron chi connectivity index (χ4n) is 4.79. The monoisotopic (exact) mass is 665 g/mol. The van der Waals surface area contributed by atoms with Crippen molar-refractivity contribution in [3.05, 3.63) is 125 Å². The van der Waals surface area contributed by atoms with Gasteiger partial charge in [-0.25, -0.2) is 12.8 Å². The Hall–Kier alpha value is -4.41. The van der Waals surface area contributed by atoms with Gasteiger partial charge < -0.3 is 15.0 Å². The largest absolute Gasteiger partial charge is 0.497 e. The summed E-state index contributed by atoms with van der Waals surface area (Å²) in [4.78, 5) is 29.6. The first kappa shape index (κ1) is 34.5. The fraction of sp³-hybridized carbons (Fsp3) is 0.257. The molecule has 46 heavy (non-hydrogen) atoms. The highest BCUT2D eigenvalue weighted by Gasteiger charge is 2.35. The number of halogens is 2. The standard InChI is InChI=1S/C35H37ClFN3O5S/c1-4-25(2)38-35(42)33(22-26-8-6-5-7-9-26)39(23-27-10-14-29(37)15-11-27)34(41)24-40(30-16-12-28(36)13-17-30)46(43,44)32-20-18-31(45-3)19-21-32/h5-21,25,33H,4,22-24H2,1-3H3,(H,38,42)/t25-,33+/m1/s1. The maximum atomic E-state index is 14.5. The van der Waals surface area contributed by atoms with Crippen LogP contribution in [-0.2, 0) is 32.6 Å². The summed E-state index contributed by atoms with van der Waals surface area (Å²) in [6, 6.07) is 25.6. The van der Waals surface area contributed by atoms with Gasteiger partial charge >= 0.3 is 0 Å². The van der Waals surface area contributed by atoms with Crippen LogP contribution < -0.4 is 14.4 Å². The molecule has 0 aromatic heterocycles. The Morgan fingerprint density at radius 2 is 1.52 bits per heavy atom. The predicted octanol–water partition coefficient (Wildman–Crippen LogP) is 6.24. The number of benzene rings is 4. The third kappa shape index (κ3) is 8.86. The SMILES string of the molecule is CC[C@@H](C)NC(=O)[C@H](Cc1ccccc1)N(Cc1ccc(F)cc1)C(=O)CN(c1ccc(Cl)cc1)S(=O)(=O)c1ccc(OC)cc1. The summed E-state index contributed by atoms with van der Waals surface area (Å²) in [5, 5.41) is 3.38. The highest BCUT2D eigenvalue weighted by molar-refractivity contribution is 7.92. The summed E-state index contributed by atoms with van der Waals surface area (Å²) in [6.07, 6.45) is 0.836. The van der Waals surface area contributed by atoms with Crippen molar-refractivity contribution < 1.29 is 27.1 Å². The van der Waals surface area contributed by atoms with Crippen LogP contribution in [0.25, 0.3) is 0 Å². The van der Waals surface area contributed by atoms with Gasteiger partial charge in [0.25, 0.3) is 10.0 Å². The molecule has 242 valence electrons. The van der Waals surface area contributed by atoms with Gasteiger partial charge in [0.1, 0.15) is 24.2 Å². The van der Waals surface area contributed by atoms with Crippen molar-refractivity contribution >= 4 is 39.1 Å². The molecule has 0 fully saturated rings. The van der Waals surface area contributed by atoms with Crippen molar-refractivity contribution in [2.45, 2.75) is 50.2 Å². The lowest BCUT2D eigenvalue weighted by Crippen LogP contribution is -2.54. The number of amides is 2. The van der Waals surface area contributed by atoms with Crippen molar-refractivity contribution in [1.82, 2.24) is 10.2 Å². The van der Waals surface area contributed by atoms with Crippen molar-refractivity contribution in [2.24, 2.45) is 0 Å². The first-order chi connectivity index (χ1) is 22.0. The molecule has 2 amide bonds. The Labute approximate surface area is 274 Å². The molecule has 0 unspecified atom stereocenters. The predicted molar refractivity (Wildman–Crippen MR) is 178 cm³/mol. The summed E-state index contributed by atoms with van der Waals surface area (Å²) < 4.78 is 48.2. The zero-order valence-electron chi connectivity index (χ0n) is 25.9. The van der Waals surface area contributed by atoms with Gasteiger partial charge in [-0.05, 0) is 85.1 Å². The number of sulfonamides is 1. The number of rotatable bonds is 14. The van der Waals surface area contributed by atoms with Gasteiger partial charge in [0.05, 0.1) is 17.7 Å². The fourth-order valence-corrected chi connectivity index (χ4v) is 6.33. The van der Waals surface area contributed by atoms with E-state index in [1.54, 1.807) is 0 Å². The molecule has 0 aliphatic rings. The maximum Gasteiger partial charge on any atom is 0.264 e. The van der Waals surface area contributed by atoms with Crippen molar-refractivity contribution in [2.75, 3.05) is 18.0 Å². The number of nitrogens with one attached hydrogen (secondary N) is 1. The lowest BCUT2D eigenvalue weighted by atomic mass is 10.0. The van der Waals surface area contributed by atoms with Crippen LogP contribution in [0.15, 0.2) is 108 Å². The zero-order chi connectivity index (χ0) is 33.3. The molecule has 2 atom stereocenters. The van der Waals surface area contributed by atoms with E-state index in [1.807, 2.05) is 44.2 Å². The molecule has 1 N–H and O–H groups in total. The molecule has 11 heteroatoms. The molecule has 0 bridgehead atoms. The second kappa shape index (κ2) is 15.7. The number of carbonyl (C=O) groups excluding carboxylic acids is 2. The molecular weight excluding hydrogens is 629 g/mol. The van der Waals surface area contributed by atoms with Gasteiger partial charge in [0, 0.05) is 24.0 Å². The highest BCUT2D eigenvalue weighted by atomic mass is 35.5. The normalized spacial score (nSPS) is 12.5. The van der Waals surface area contributed by atoms with Gasteiger partial charge in [-0.2, -0.15) is 0 Å². The number of methoxy groups -OCH3 is 1. The summed E-state index contributed by atoms with van der Waals surface area (Å²) in [5.41, 5.74) is 1.59. The third-order valence-corrected chi connectivity index (χ3v) is 9.62. The van der Waals surface area contributed by atoms with Gasteiger partial charge in [-0.15, -0.1) is 0 Å². The number of anilines is 1. The number of hydrogen-bond acceptors (Lipinski definition) is 5. The van der Waals surface area contributed by atoms with E-state index in [4.69, 9.17) is 16.3 Å². The van der Waals surface area contributed by atoms with E-state index in [0.29, 0.717) is 22.8 Å². The van der Waals surface area contributed by atoms with Crippen LogP contribution in [0.1, 0.15) is 31.4 Å². The topological polar surface area (TPSA) is 96.0 Å². The molecule has 0 aliphatic heterocycles. The van der Waals surface area contributed by atoms with Crippen molar-refractivity contribution in [1.29, 1.82) is 0 Å². The van der Waals surface area contributed by atoms with Crippen LogP contribution >= 0.6 is 11.6 Å². The minimum atomic E-state index is -4.29. The van der Waals surface area contributed by atoms with Crippen LogP contribution in [0.5, 0.6) is 5.75 Å². The number of carbonyl (C=O) groups is 2. The van der Waals surface area contributed by atoms with E-state index in [9.17, 15) is 22.4 Å². The highest BCUT2D eigenvalue weighted by Crippen LogP contribution is 2.27. The number of nitrogens with zero attached hydrogens (tertiary/aromatic N) is 2. The summed E-state index contributed by atoms with van der Waals surface area (Å²) in [6.45, 7) is 3.11. The third-order valence-electron chi connectivity index (χ3n) is 7.58. The van der Waals surface area contributed by atoms with E-state index >= 15 is 0 Å². The Bertz CT molecular complexity index is 1700. The molecule has 4 rings (SSSR count). The summed E-state index contributed by atoms with van der Waals surface area (Å²) in [5.74, 6) is -0.993. The van der Waals surface area contributed by atoms with Gasteiger partial charge in [-0.1, -0.05) is 61.0 Å². The van der Waals surface area contributed by atoms with E-state index < -0.39 is 34.3 Å². The Kier molecular flexibility index (Phi) is 11.8. The van der Waals surface area contributed by atoms with E-state index in [2.05, 4.69) is 5.32 Å². The second-order valence-corrected chi connectivity index (χ2v) is 13.1. The first-order valence-corrected chi connectivity index (χ1v) is 16.6. The molecule has 0 saturated carbocycles. The molecule has 0 aliphatic carbocycles. The Morgan fingerprint density at radius 3 is 2.11 bits per heavy atom. The van der Waals surface area contributed by atoms with Crippen LogP contribution in [0.3, 0.4) is 0 Å². The Balaban J connectivity index is 1.80. The first-order valence-electron chi connectivity index (χ1n) is 14.8. The molecule has 0 heterocycles. The van der Waals surface area contributed by atoms with Crippen LogP contribution in [-0.4, -0.2) is 50.9 Å². The molecule has 4 aromatic carbocycles. The average molecular weight is 666 g/mol. The molecule has 0 spiro atoms. The average Bonchev–Trinajstić information content (AvgIpc) is 3.06. The van der Waals surface area contributed by atoms with Gasteiger partial charge in [0.15, 0.2) is 0 Å². The molecule has 4 aromatic rings. The minimum absolute atomic E-state index is 0.0588. The van der Waals surface area contributed by atoms with Crippen molar-refractivity contribution in [3.63, 3.8) is 0 Å². The lowest BCUT2D eigenvalue weighted by Gasteiger charge is -2.34. The second-order valence-electron chi connectivity index (χ2n) is 10.8. The van der Waals surface area contributed by atoms with Crippen LogP contribution in [0, 0.1) is 5.82 Å². The smallest absolute Gasteiger partial charge is 0.264 e. The van der Waals surface area contributed by atoms with Crippen LogP contribution in [0.4, 0.5) is 10.1 Å². The molecule has 8 nitrogen and oxygen atoms in total. The van der Waals surface area contributed by atoms with Crippen molar-refractivity contribution in [3.8, 4) is 5.75 Å². The molecule has 0 saturated heterocycles. The minimum Gasteiger partial charge on any atom is -0.497 e. The molecule has 0 radical (unpaired) electrons. The number of hydrogen-bond donors (Lipinski definition) is 1. The summed E-state index contributed by atoms with van der Waals surface area (Å²) >= 11 is 6.12. The Morgan fingerprint density at radius 1 is 0.891 bits per heavy atom.